The summed E-state index contributed by atoms with van der Waals surface area (Å²) in [4.78, 5) is 2.27. The van der Waals surface area contributed by atoms with Gasteiger partial charge in [-0.1, -0.05) is 31.5 Å². The van der Waals surface area contributed by atoms with Crippen LogP contribution in [0.5, 0.6) is 5.75 Å². The van der Waals surface area contributed by atoms with Crippen molar-refractivity contribution in [3.05, 3.63) is 72.8 Å². The lowest BCUT2D eigenvalue weighted by Crippen LogP contribution is -2.28. The highest BCUT2D eigenvalue weighted by Crippen LogP contribution is 2.32. The summed E-state index contributed by atoms with van der Waals surface area (Å²) in [5, 5.41) is 3.35. The van der Waals surface area contributed by atoms with Crippen molar-refractivity contribution in [2.45, 2.75) is 36.0 Å². The molecule has 212 valence electrons. The molecule has 0 atom stereocenters. The maximum atomic E-state index is 13.2. The lowest BCUT2D eigenvalue weighted by molar-refractivity contribution is 0.309. The molecule has 1 saturated heterocycles. The summed E-state index contributed by atoms with van der Waals surface area (Å²) in [5.74, 6) is 0.588. The third-order valence-corrected chi connectivity index (χ3v) is 8.91. The average molecular weight is 595 g/mol. The van der Waals surface area contributed by atoms with Gasteiger partial charge in [-0.05, 0) is 74.0 Å². The van der Waals surface area contributed by atoms with E-state index in [2.05, 4.69) is 26.6 Å². The van der Waals surface area contributed by atoms with E-state index in [1.165, 1.54) is 24.3 Å². The van der Waals surface area contributed by atoms with Crippen LogP contribution >= 0.6 is 12.4 Å². The summed E-state index contributed by atoms with van der Waals surface area (Å²) < 4.78 is 63.6. The zero-order valence-electron chi connectivity index (χ0n) is 21.8. The summed E-state index contributed by atoms with van der Waals surface area (Å²) >= 11 is 0. The van der Waals surface area contributed by atoms with E-state index >= 15 is 0 Å². The van der Waals surface area contributed by atoms with Crippen LogP contribution in [0.4, 0.5) is 17.1 Å². The van der Waals surface area contributed by atoms with E-state index in [1.54, 1.807) is 48.5 Å². The largest absolute Gasteiger partial charge is 0.494 e. The zero-order chi connectivity index (χ0) is 27.0. The highest BCUT2D eigenvalue weighted by Gasteiger charge is 2.22. The molecule has 1 aliphatic heterocycles. The van der Waals surface area contributed by atoms with Crippen LogP contribution in [0.2, 0.25) is 0 Å². The number of unbranched alkanes of at least 4 members (excludes halogenated alkanes) is 1. The Hall–Kier alpha value is -2.99. The van der Waals surface area contributed by atoms with E-state index < -0.39 is 20.0 Å². The normalized spacial score (nSPS) is 14.1. The predicted octanol–water partition coefficient (Wildman–Crippen LogP) is 4.69. The van der Waals surface area contributed by atoms with E-state index in [9.17, 15) is 16.8 Å². The van der Waals surface area contributed by atoms with Crippen LogP contribution in [0, 0.1) is 0 Å². The van der Waals surface area contributed by atoms with Gasteiger partial charge in [-0.25, -0.2) is 16.8 Å². The van der Waals surface area contributed by atoms with Gasteiger partial charge in [0.05, 0.1) is 27.8 Å². The molecule has 4 rings (SSSR count). The molecular formula is C27H35ClN4O5S2. The van der Waals surface area contributed by atoms with Crippen molar-refractivity contribution in [1.82, 2.24) is 5.32 Å². The average Bonchev–Trinajstić information content (AvgIpc) is 3.20. The van der Waals surface area contributed by atoms with Gasteiger partial charge in [0, 0.05) is 25.3 Å². The topological polar surface area (TPSA) is 117 Å². The molecule has 12 heteroatoms. The highest BCUT2D eigenvalue weighted by molar-refractivity contribution is 7.93. The maximum Gasteiger partial charge on any atom is 0.261 e. The molecule has 3 aromatic carbocycles. The number of benzene rings is 3. The van der Waals surface area contributed by atoms with E-state index in [-0.39, 0.29) is 33.6 Å². The molecule has 1 aliphatic rings. The van der Waals surface area contributed by atoms with Gasteiger partial charge in [-0.3, -0.25) is 9.44 Å². The van der Waals surface area contributed by atoms with Crippen molar-refractivity contribution in [2.24, 2.45) is 0 Å². The molecule has 39 heavy (non-hydrogen) atoms. The molecule has 1 heterocycles. The first kappa shape index (κ1) is 30.6. The van der Waals surface area contributed by atoms with Crippen LogP contribution < -0.4 is 24.4 Å². The van der Waals surface area contributed by atoms with Crippen LogP contribution in [0.3, 0.4) is 0 Å². The second-order valence-electron chi connectivity index (χ2n) is 9.02. The Morgan fingerprint density at radius 3 is 2.18 bits per heavy atom. The maximum absolute atomic E-state index is 13.2. The molecule has 0 unspecified atom stereocenters. The van der Waals surface area contributed by atoms with Gasteiger partial charge in [-0.2, -0.15) is 0 Å². The monoisotopic (exact) mass is 594 g/mol. The van der Waals surface area contributed by atoms with Gasteiger partial charge in [0.1, 0.15) is 5.75 Å². The third kappa shape index (κ3) is 8.25. The molecule has 0 spiro atoms. The predicted molar refractivity (Wildman–Crippen MR) is 158 cm³/mol. The second-order valence-corrected chi connectivity index (χ2v) is 12.4. The first-order valence-corrected chi connectivity index (χ1v) is 15.7. The number of nitrogens with one attached hydrogen (secondary N) is 3. The Bertz CT molecular complexity index is 1410. The molecule has 0 radical (unpaired) electrons. The Kier molecular flexibility index (Phi) is 10.9. The van der Waals surface area contributed by atoms with Crippen LogP contribution in [-0.2, 0) is 20.0 Å². The minimum absolute atomic E-state index is 0. The molecule has 9 nitrogen and oxygen atoms in total. The highest BCUT2D eigenvalue weighted by atomic mass is 35.5. The van der Waals surface area contributed by atoms with Crippen molar-refractivity contribution in [2.75, 3.05) is 47.1 Å². The fourth-order valence-corrected chi connectivity index (χ4v) is 6.23. The van der Waals surface area contributed by atoms with Crippen LogP contribution in [0.25, 0.3) is 0 Å². The molecule has 0 bridgehead atoms. The number of halogens is 1. The molecule has 0 saturated carbocycles. The van der Waals surface area contributed by atoms with Gasteiger partial charge in [0.15, 0.2) is 0 Å². The fourth-order valence-electron chi connectivity index (χ4n) is 4.06. The Morgan fingerprint density at radius 1 is 0.821 bits per heavy atom. The van der Waals surface area contributed by atoms with Crippen LogP contribution in [-0.4, -0.2) is 49.6 Å². The lowest BCUT2D eigenvalue weighted by Gasteiger charge is -2.24. The van der Waals surface area contributed by atoms with E-state index in [4.69, 9.17) is 4.74 Å². The number of anilines is 3. The van der Waals surface area contributed by atoms with Gasteiger partial charge in [-0.15, -0.1) is 12.4 Å². The number of nitrogens with zero attached hydrogens (tertiary/aromatic N) is 1. The number of rotatable bonds is 11. The van der Waals surface area contributed by atoms with Crippen molar-refractivity contribution in [3.63, 3.8) is 0 Å². The smallest absolute Gasteiger partial charge is 0.261 e. The quantitative estimate of drug-likeness (QED) is 0.276. The van der Waals surface area contributed by atoms with E-state index in [0.717, 1.165) is 51.1 Å². The van der Waals surface area contributed by atoms with Crippen molar-refractivity contribution >= 4 is 49.5 Å². The molecular weight excluding hydrogens is 560 g/mol. The van der Waals surface area contributed by atoms with Gasteiger partial charge >= 0.3 is 0 Å². The first-order chi connectivity index (χ1) is 18.3. The zero-order valence-corrected chi connectivity index (χ0v) is 24.2. The summed E-state index contributed by atoms with van der Waals surface area (Å²) in [6.07, 6.45) is 2.85. The number of sulfonamides is 2. The van der Waals surface area contributed by atoms with Crippen molar-refractivity contribution in [1.29, 1.82) is 0 Å². The molecule has 0 amide bonds. The van der Waals surface area contributed by atoms with Crippen molar-refractivity contribution < 1.29 is 21.6 Å². The van der Waals surface area contributed by atoms with E-state index in [1.807, 2.05) is 0 Å². The SMILES string of the molecule is CCCCOc1ccc(S(=O)(=O)Nc2ccc(N3CCCNCC3)cc2NS(=O)(=O)c2ccccc2)cc1.Cl. The minimum Gasteiger partial charge on any atom is -0.494 e. The molecule has 0 aliphatic carbocycles. The molecule has 3 aromatic rings. The van der Waals surface area contributed by atoms with Gasteiger partial charge < -0.3 is 15.0 Å². The molecule has 1 fully saturated rings. The van der Waals surface area contributed by atoms with Gasteiger partial charge in [0.25, 0.3) is 20.0 Å². The first-order valence-electron chi connectivity index (χ1n) is 12.7. The van der Waals surface area contributed by atoms with Crippen LogP contribution in [0.1, 0.15) is 26.2 Å². The summed E-state index contributed by atoms with van der Waals surface area (Å²) in [5.41, 5.74) is 1.08. The number of hydrogen-bond donors (Lipinski definition) is 3. The fraction of sp³-hybridized carbons (Fsp3) is 0.333. The molecule has 0 aromatic heterocycles. The summed E-state index contributed by atoms with van der Waals surface area (Å²) in [7, 11) is -7.97. The van der Waals surface area contributed by atoms with Crippen molar-refractivity contribution in [3.8, 4) is 5.75 Å². The Labute approximate surface area is 237 Å². The summed E-state index contributed by atoms with van der Waals surface area (Å²) in [6.45, 7) is 5.89. The third-order valence-electron chi connectivity index (χ3n) is 6.15. The molecule has 3 N–H and O–H groups in total. The Balaban J connectivity index is 0.00000420. The van der Waals surface area contributed by atoms with Crippen LogP contribution in [0.15, 0.2) is 82.6 Å². The van der Waals surface area contributed by atoms with Gasteiger partial charge in [0.2, 0.25) is 0 Å². The number of ether oxygens (including phenoxy) is 1. The standard InChI is InChI=1S/C27H34N4O5S2.ClH/c1-2-3-20-36-23-11-13-25(14-12-23)38(34,35)29-26-15-10-22(31-18-7-16-28-17-19-31)21-27(26)30-37(32,33)24-8-5-4-6-9-24;/h4-6,8-15,21,28-30H,2-3,7,16-20H2,1H3;1H. The van der Waals surface area contributed by atoms with E-state index in [0.29, 0.717) is 12.4 Å². The minimum atomic E-state index is -4.01. The Morgan fingerprint density at radius 2 is 1.49 bits per heavy atom. The summed E-state index contributed by atoms with van der Waals surface area (Å²) in [6, 6.07) is 19.2. The lowest BCUT2D eigenvalue weighted by atomic mass is 10.2. The number of hydrogen-bond acceptors (Lipinski definition) is 7. The second kappa shape index (κ2) is 13.9.